The number of carbonyl (C=O) groups excluding carboxylic acids is 2. The van der Waals surface area contributed by atoms with E-state index in [9.17, 15) is 14.4 Å². The van der Waals surface area contributed by atoms with Gasteiger partial charge in [-0.25, -0.2) is 0 Å². The van der Waals surface area contributed by atoms with Crippen molar-refractivity contribution in [1.82, 2.24) is 10.1 Å². The highest BCUT2D eigenvalue weighted by Crippen LogP contribution is 2.19. The molecule has 6 nitrogen and oxygen atoms in total. The van der Waals surface area contributed by atoms with Crippen molar-refractivity contribution in [1.29, 1.82) is 0 Å². The Balaban J connectivity index is 2.43. The van der Waals surface area contributed by atoms with Gasteiger partial charge in [-0.3, -0.25) is 19.7 Å². The van der Waals surface area contributed by atoms with Crippen molar-refractivity contribution in [3.63, 3.8) is 0 Å². The third-order valence-corrected chi connectivity index (χ3v) is 3.09. The Hall–Kier alpha value is -2.11. The third-order valence-electron chi connectivity index (χ3n) is 3.09. The molecule has 2 rings (SSSR count). The topological polar surface area (TPSA) is 81.3 Å². The number of nitrogens with zero attached hydrogens (tertiary/aromatic N) is 1. The first kappa shape index (κ1) is 13.3. The zero-order chi connectivity index (χ0) is 14.0. The Bertz CT molecular complexity index is 594. The molecular formula is C13H16N2O4. The van der Waals surface area contributed by atoms with Crippen molar-refractivity contribution >= 4 is 17.9 Å². The second-order valence-corrected chi connectivity index (χ2v) is 4.38. The van der Waals surface area contributed by atoms with Crippen molar-refractivity contribution in [2.45, 2.75) is 39.2 Å². The molecule has 1 aromatic heterocycles. The average molecular weight is 264 g/mol. The Labute approximate surface area is 110 Å². The van der Waals surface area contributed by atoms with Crippen LogP contribution in [0.4, 0.5) is 0 Å². The van der Waals surface area contributed by atoms with Gasteiger partial charge in [0.2, 0.25) is 5.91 Å². The maximum absolute atomic E-state index is 12.2. The van der Waals surface area contributed by atoms with Crippen molar-refractivity contribution in [2.75, 3.05) is 0 Å². The van der Waals surface area contributed by atoms with Crippen LogP contribution >= 0.6 is 0 Å². The van der Waals surface area contributed by atoms with Gasteiger partial charge in [0, 0.05) is 12.8 Å². The number of piperidine rings is 1. The fraction of sp³-hybridized carbons (Fsp3) is 0.462. The molecule has 0 saturated carbocycles. The van der Waals surface area contributed by atoms with E-state index >= 15 is 0 Å². The summed E-state index contributed by atoms with van der Waals surface area (Å²) >= 11 is 0. The molecule has 102 valence electrons. The molecule has 1 N–H and O–H groups in total. The minimum absolute atomic E-state index is 0.212. The molecule has 0 aromatic carbocycles. The Morgan fingerprint density at radius 1 is 1.42 bits per heavy atom. The molecule has 1 aromatic rings. The van der Waals surface area contributed by atoms with Gasteiger partial charge in [0.15, 0.2) is 0 Å². The molecule has 1 saturated heterocycles. The molecule has 0 spiro atoms. The first-order chi connectivity index (χ1) is 9.08. The fourth-order valence-electron chi connectivity index (χ4n) is 2.14. The zero-order valence-corrected chi connectivity index (χ0v) is 10.9. The van der Waals surface area contributed by atoms with Crippen LogP contribution in [0.15, 0.2) is 15.4 Å². The highest BCUT2D eigenvalue weighted by molar-refractivity contribution is 5.99. The number of hydrogen-bond donors (Lipinski definition) is 1. The number of imide groups is 1. The van der Waals surface area contributed by atoms with Crippen molar-refractivity contribution in [3.05, 3.63) is 27.8 Å². The van der Waals surface area contributed by atoms with Crippen molar-refractivity contribution in [3.8, 4) is 0 Å². The quantitative estimate of drug-likeness (QED) is 0.826. The average Bonchev–Trinajstić information content (AvgIpc) is 2.68. The maximum atomic E-state index is 12.2. The molecule has 19 heavy (non-hydrogen) atoms. The molecule has 0 aliphatic carbocycles. The van der Waals surface area contributed by atoms with E-state index in [0.717, 1.165) is 4.74 Å². The first-order valence-corrected chi connectivity index (χ1v) is 6.29. The van der Waals surface area contributed by atoms with E-state index in [1.807, 2.05) is 13.8 Å². The summed E-state index contributed by atoms with van der Waals surface area (Å²) < 4.78 is 6.55. The van der Waals surface area contributed by atoms with Crippen LogP contribution in [0.3, 0.4) is 0 Å². The van der Waals surface area contributed by atoms with Gasteiger partial charge in [0.05, 0.1) is 5.56 Å². The van der Waals surface area contributed by atoms with Gasteiger partial charge in [-0.05, 0) is 13.3 Å². The standard InChI is InChI=1S/C13H16N2O4/c1-3-5-8-10(4-2)19-15(13(8)18)9-6-7-11(16)14-12(9)17/h3,5,9H,4,6-7H2,1-2H3,(H,14,16,17)/b5-3-. The smallest absolute Gasteiger partial charge is 0.290 e. The van der Waals surface area contributed by atoms with Crippen LogP contribution in [-0.2, 0) is 16.0 Å². The van der Waals surface area contributed by atoms with E-state index in [0.29, 0.717) is 17.7 Å². The number of nitrogens with one attached hydrogen (secondary N) is 1. The number of allylic oxidation sites excluding steroid dienone is 1. The monoisotopic (exact) mass is 264 g/mol. The van der Waals surface area contributed by atoms with E-state index in [1.165, 1.54) is 0 Å². The number of aromatic nitrogens is 1. The summed E-state index contributed by atoms with van der Waals surface area (Å²) in [6.07, 6.45) is 4.49. The lowest BCUT2D eigenvalue weighted by Crippen LogP contribution is -2.43. The minimum Gasteiger partial charge on any atom is -0.379 e. The van der Waals surface area contributed by atoms with Gasteiger partial charge in [0.25, 0.3) is 11.5 Å². The lowest BCUT2D eigenvalue weighted by molar-refractivity contribution is -0.137. The molecule has 2 heterocycles. The van der Waals surface area contributed by atoms with Gasteiger partial charge in [-0.1, -0.05) is 19.1 Å². The summed E-state index contributed by atoms with van der Waals surface area (Å²) in [5.41, 5.74) is 0.138. The Morgan fingerprint density at radius 3 is 2.74 bits per heavy atom. The van der Waals surface area contributed by atoms with Crippen LogP contribution in [0.1, 0.15) is 44.1 Å². The van der Waals surface area contributed by atoms with E-state index in [-0.39, 0.29) is 24.3 Å². The van der Waals surface area contributed by atoms with Gasteiger partial charge in [-0.2, -0.15) is 4.74 Å². The number of hydrogen-bond acceptors (Lipinski definition) is 4. The normalized spacial score (nSPS) is 20.0. The molecule has 1 fully saturated rings. The largest absolute Gasteiger partial charge is 0.379 e. The second-order valence-electron chi connectivity index (χ2n) is 4.38. The third kappa shape index (κ3) is 2.38. The fourth-order valence-corrected chi connectivity index (χ4v) is 2.14. The molecule has 0 bridgehead atoms. The summed E-state index contributed by atoms with van der Waals surface area (Å²) in [5, 5.41) is 2.22. The molecule has 1 aliphatic heterocycles. The first-order valence-electron chi connectivity index (χ1n) is 6.29. The van der Waals surface area contributed by atoms with E-state index in [2.05, 4.69) is 5.32 Å². The van der Waals surface area contributed by atoms with Gasteiger partial charge < -0.3 is 4.52 Å². The summed E-state index contributed by atoms with van der Waals surface area (Å²) in [6, 6.07) is -0.741. The molecule has 6 heteroatoms. The molecule has 1 unspecified atom stereocenters. The van der Waals surface area contributed by atoms with Gasteiger partial charge in [0.1, 0.15) is 11.8 Å². The van der Waals surface area contributed by atoms with Crippen molar-refractivity contribution in [2.24, 2.45) is 0 Å². The van der Waals surface area contributed by atoms with Crippen molar-refractivity contribution < 1.29 is 14.1 Å². The second kappa shape index (κ2) is 5.26. The Kier molecular flexibility index (Phi) is 3.69. The Morgan fingerprint density at radius 2 is 2.16 bits per heavy atom. The lowest BCUT2D eigenvalue weighted by atomic mass is 10.1. The number of rotatable bonds is 3. The predicted octanol–water partition coefficient (Wildman–Crippen LogP) is 1.01. The van der Waals surface area contributed by atoms with Crippen LogP contribution in [0.25, 0.3) is 6.08 Å². The predicted molar refractivity (Wildman–Crippen MR) is 68.5 cm³/mol. The lowest BCUT2D eigenvalue weighted by Gasteiger charge is -2.19. The zero-order valence-electron chi connectivity index (χ0n) is 10.9. The minimum atomic E-state index is -0.741. The summed E-state index contributed by atoms with van der Waals surface area (Å²) in [6.45, 7) is 3.68. The number of aryl methyl sites for hydroxylation is 1. The molecule has 0 radical (unpaired) electrons. The van der Waals surface area contributed by atoms with E-state index in [4.69, 9.17) is 4.52 Å². The van der Waals surface area contributed by atoms with Crippen LogP contribution in [0.2, 0.25) is 0 Å². The van der Waals surface area contributed by atoms with Gasteiger partial charge in [-0.15, -0.1) is 0 Å². The molecule has 1 aliphatic rings. The summed E-state index contributed by atoms with van der Waals surface area (Å²) in [4.78, 5) is 35.1. The van der Waals surface area contributed by atoms with E-state index in [1.54, 1.807) is 12.2 Å². The van der Waals surface area contributed by atoms with E-state index < -0.39 is 11.9 Å². The summed E-state index contributed by atoms with van der Waals surface area (Å²) in [5.74, 6) is -0.250. The van der Waals surface area contributed by atoms with Crippen LogP contribution in [0.5, 0.6) is 0 Å². The van der Waals surface area contributed by atoms with Crippen LogP contribution in [-0.4, -0.2) is 16.6 Å². The van der Waals surface area contributed by atoms with Crippen LogP contribution < -0.4 is 10.9 Å². The number of amides is 2. The molecule has 1 atom stereocenters. The van der Waals surface area contributed by atoms with Crippen LogP contribution in [0, 0.1) is 0 Å². The van der Waals surface area contributed by atoms with Gasteiger partial charge >= 0.3 is 0 Å². The number of carbonyl (C=O) groups is 2. The highest BCUT2D eigenvalue weighted by Gasteiger charge is 2.32. The maximum Gasteiger partial charge on any atom is 0.290 e. The SMILES string of the molecule is C/C=C\c1c(CC)on(C2CCC(=O)NC2=O)c1=O. The summed E-state index contributed by atoms with van der Waals surface area (Å²) in [7, 11) is 0. The molecule has 2 amide bonds. The highest BCUT2D eigenvalue weighted by atomic mass is 16.5. The molecular weight excluding hydrogens is 248 g/mol.